The first-order chi connectivity index (χ1) is 7.20. The van der Waals surface area contributed by atoms with Gasteiger partial charge >= 0.3 is 6.36 Å². The minimum Gasteiger partial charge on any atom is -0.398 e. The normalized spacial score (nSPS) is 11.9. The van der Waals surface area contributed by atoms with E-state index in [0.717, 1.165) is 6.07 Å². The second-order valence-corrected chi connectivity index (χ2v) is 3.71. The van der Waals surface area contributed by atoms with Crippen molar-refractivity contribution in [3.63, 3.8) is 0 Å². The molecule has 0 fully saturated rings. The average Bonchev–Trinajstić information content (AvgIpc) is 1.96. The second kappa shape index (κ2) is 4.55. The summed E-state index contributed by atoms with van der Waals surface area (Å²) in [5.74, 6) is -1.22. The van der Waals surface area contributed by atoms with Crippen molar-refractivity contribution >= 4 is 28.3 Å². The van der Waals surface area contributed by atoms with Crippen LogP contribution in [0.2, 0.25) is 0 Å². The molecule has 0 unspecified atom stereocenters. The molecule has 2 N–H and O–H groups in total. The molecule has 0 aliphatic carbocycles. The number of anilines is 1. The Bertz CT molecular complexity index is 395. The van der Waals surface area contributed by atoms with Gasteiger partial charge in [-0.05, 0) is 28.7 Å². The van der Waals surface area contributed by atoms with E-state index < -0.39 is 29.9 Å². The number of hydrogen-bond acceptors (Lipinski definition) is 3. The summed E-state index contributed by atoms with van der Waals surface area (Å²) in [6.45, 7) is 0. The largest absolute Gasteiger partial charge is 0.574 e. The van der Waals surface area contributed by atoms with Crippen molar-refractivity contribution in [3.8, 4) is 5.88 Å². The first-order valence-electron chi connectivity index (χ1n) is 3.70. The van der Waals surface area contributed by atoms with Crippen LogP contribution in [0, 0.1) is 3.70 Å². The summed E-state index contributed by atoms with van der Waals surface area (Å²) >= 11 is 1.54. The van der Waals surface area contributed by atoms with Gasteiger partial charge in [0.25, 0.3) is 6.43 Å². The molecule has 0 radical (unpaired) electrons. The monoisotopic (exact) mass is 354 g/mol. The molecule has 0 aromatic carbocycles. The van der Waals surface area contributed by atoms with E-state index in [1.807, 2.05) is 0 Å². The van der Waals surface area contributed by atoms with Crippen molar-refractivity contribution < 1.29 is 26.7 Å². The lowest BCUT2D eigenvalue weighted by molar-refractivity contribution is -0.276. The summed E-state index contributed by atoms with van der Waals surface area (Å²) in [6, 6.07) is 1.03. The molecule has 0 bridgehead atoms. The van der Waals surface area contributed by atoms with Gasteiger partial charge in [0.15, 0.2) is 0 Å². The van der Waals surface area contributed by atoms with Crippen LogP contribution in [0.3, 0.4) is 0 Å². The molecule has 0 aliphatic rings. The number of pyridine rings is 1. The molecule has 1 rings (SSSR count). The summed E-state index contributed by atoms with van der Waals surface area (Å²) in [4.78, 5) is 3.23. The molecule has 0 spiro atoms. The van der Waals surface area contributed by atoms with E-state index in [9.17, 15) is 22.0 Å². The van der Waals surface area contributed by atoms with Crippen LogP contribution in [0.4, 0.5) is 27.6 Å². The molecule has 0 saturated heterocycles. The van der Waals surface area contributed by atoms with E-state index >= 15 is 0 Å². The van der Waals surface area contributed by atoms with E-state index in [-0.39, 0.29) is 3.70 Å². The predicted molar refractivity (Wildman–Crippen MR) is 53.0 cm³/mol. The number of nitrogens with zero attached hydrogens (tertiary/aromatic N) is 1. The Hall–Kier alpha value is -0.870. The summed E-state index contributed by atoms with van der Waals surface area (Å²) in [7, 11) is 0. The molecule has 0 atom stereocenters. The van der Waals surface area contributed by atoms with E-state index in [1.165, 1.54) is 22.6 Å². The highest BCUT2D eigenvalue weighted by atomic mass is 127. The smallest absolute Gasteiger partial charge is 0.398 e. The van der Waals surface area contributed by atoms with Gasteiger partial charge in [-0.15, -0.1) is 13.2 Å². The van der Waals surface area contributed by atoms with Crippen molar-refractivity contribution in [3.05, 3.63) is 15.3 Å². The number of nitrogen functional groups attached to an aromatic ring is 1. The van der Waals surface area contributed by atoms with Gasteiger partial charge in [-0.25, -0.2) is 13.8 Å². The summed E-state index contributed by atoms with van der Waals surface area (Å²) in [5.41, 5.74) is 3.62. The van der Waals surface area contributed by atoms with Crippen LogP contribution in [0.5, 0.6) is 5.88 Å². The van der Waals surface area contributed by atoms with Crippen LogP contribution in [-0.4, -0.2) is 11.3 Å². The van der Waals surface area contributed by atoms with E-state index in [2.05, 4.69) is 9.72 Å². The molecule has 0 saturated carbocycles. The Labute approximate surface area is 99.9 Å². The first-order valence-corrected chi connectivity index (χ1v) is 4.78. The fraction of sp³-hybridized carbons (Fsp3) is 0.286. The quantitative estimate of drug-likeness (QED) is 0.505. The third kappa shape index (κ3) is 3.32. The fourth-order valence-corrected chi connectivity index (χ4v) is 1.48. The van der Waals surface area contributed by atoms with Crippen LogP contribution in [0.1, 0.15) is 12.0 Å². The van der Waals surface area contributed by atoms with Gasteiger partial charge in [-0.1, -0.05) is 0 Å². The van der Waals surface area contributed by atoms with Crippen LogP contribution in [-0.2, 0) is 0 Å². The average molecular weight is 354 g/mol. The van der Waals surface area contributed by atoms with Crippen LogP contribution < -0.4 is 10.5 Å². The third-order valence-electron chi connectivity index (χ3n) is 1.45. The summed E-state index contributed by atoms with van der Waals surface area (Å²) in [5, 5.41) is 0. The molecule has 16 heavy (non-hydrogen) atoms. The minimum atomic E-state index is -5.09. The lowest BCUT2D eigenvalue weighted by Gasteiger charge is -2.13. The number of ether oxygens (including phenoxy) is 1. The van der Waals surface area contributed by atoms with Gasteiger partial charge in [0.1, 0.15) is 9.26 Å². The number of rotatable bonds is 2. The van der Waals surface area contributed by atoms with Crippen LogP contribution in [0.15, 0.2) is 6.07 Å². The number of aromatic nitrogens is 1. The van der Waals surface area contributed by atoms with Crippen molar-refractivity contribution in [2.75, 3.05) is 5.73 Å². The summed E-state index contributed by atoms with van der Waals surface area (Å²) in [6.07, 6.45) is -8.28. The number of halogens is 6. The van der Waals surface area contributed by atoms with Crippen LogP contribution in [0.25, 0.3) is 0 Å². The minimum absolute atomic E-state index is 0.0266. The standard InChI is InChI=1S/C7H4F5IN2O/c8-5(9)4-2(14)1-3(13)15-6(4)16-7(10,11)12/h1,5H,(H2,14,15). The number of nitrogens with two attached hydrogens (primary N) is 1. The molecular formula is C7H4F5IN2O. The molecule has 9 heteroatoms. The Morgan fingerprint density at radius 1 is 1.38 bits per heavy atom. The zero-order valence-corrected chi connectivity index (χ0v) is 9.51. The Kier molecular flexibility index (Phi) is 3.76. The van der Waals surface area contributed by atoms with E-state index in [1.54, 1.807) is 0 Å². The van der Waals surface area contributed by atoms with Crippen LogP contribution >= 0.6 is 22.6 Å². The second-order valence-electron chi connectivity index (χ2n) is 2.60. The van der Waals surface area contributed by atoms with Crippen molar-refractivity contribution in [2.45, 2.75) is 12.8 Å². The van der Waals surface area contributed by atoms with E-state index in [0.29, 0.717) is 0 Å². The number of alkyl halides is 5. The molecule has 90 valence electrons. The maximum Gasteiger partial charge on any atom is 0.574 e. The topological polar surface area (TPSA) is 48.1 Å². The molecule has 1 heterocycles. The van der Waals surface area contributed by atoms with E-state index in [4.69, 9.17) is 5.73 Å². The highest BCUT2D eigenvalue weighted by Crippen LogP contribution is 2.35. The van der Waals surface area contributed by atoms with Crippen molar-refractivity contribution in [1.29, 1.82) is 0 Å². The Balaban J connectivity index is 3.24. The Morgan fingerprint density at radius 3 is 2.38 bits per heavy atom. The zero-order chi connectivity index (χ0) is 12.5. The maximum atomic E-state index is 12.4. The Morgan fingerprint density at radius 2 is 1.94 bits per heavy atom. The lowest BCUT2D eigenvalue weighted by Crippen LogP contribution is -2.20. The molecule has 1 aromatic heterocycles. The molecule has 3 nitrogen and oxygen atoms in total. The van der Waals surface area contributed by atoms with Gasteiger partial charge in [-0.3, -0.25) is 0 Å². The van der Waals surface area contributed by atoms with Crippen molar-refractivity contribution in [1.82, 2.24) is 4.98 Å². The number of hydrogen-bond donors (Lipinski definition) is 1. The van der Waals surface area contributed by atoms with Gasteiger partial charge < -0.3 is 10.5 Å². The zero-order valence-electron chi connectivity index (χ0n) is 7.36. The van der Waals surface area contributed by atoms with Crippen molar-refractivity contribution in [2.24, 2.45) is 0 Å². The highest BCUT2D eigenvalue weighted by molar-refractivity contribution is 14.1. The predicted octanol–water partition coefficient (Wildman–Crippen LogP) is 3.10. The lowest BCUT2D eigenvalue weighted by atomic mass is 10.2. The summed E-state index contributed by atoms with van der Waals surface area (Å²) < 4.78 is 64.0. The fourth-order valence-electron chi connectivity index (χ4n) is 0.926. The molecule has 0 amide bonds. The van der Waals surface area contributed by atoms with Gasteiger partial charge in [-0.2, -0.15) is 0 Å². The van der Waals surface area contributed by atoms with Gasteiger partial charge in [0.05, 0.1) is 0 Å². The maximum absolute atomic E-state index is 12.4. The highest BCUT2D eigenvalue weighted by Gasteiger charge is 2.35. The van der Waals surface area contributed by atoms with Gasteiger partial charge in [0.2, 0.25) is 5.88 Å². The SMILES string of the molecule is Nc1cc(I)nc(OC(F)(F)F)c1C(F)F. The third-order valence-corrected chi connectivity index (χ3v) is 2.01. The molecular weight excluding hydrogens is 350 g/mol. The first kappa shape index (κ1) is 13.2. The molecule has 0 aliphatic heterocycles. The van der Waals surface area contributed by atoms with Gasteiger partial charge in [0, 0.05) is 5.69 Å². The molecule has 1 aromatic rings.